The van der Waals surface area contributed by atoms with E-state index >= 15 is 0 Å². The van der Waals surface area contributed by atoms with Crippen LogP contribution in [0.2, 0.25) is 0 Å². The zero-order valence-electron chi connectivity index (χ0n) is 9.46. The third-order valence-corrected chi connectivity index (χ3v) is 3.53. The maximum Gasteiger partial charge on any atom is 0.0714 e. The highest BCUT2D eigenvalue weighted by atomic mass is 32.2. The van der Waals surface area contributed by atoms with E-state index in [0.29, 0.717) is 0 Å². The van der Waals surface area contributed by atoms with Crippen molar-refractivity contribution in [3.63, 3.8) is 0 Å². The van der Waals surface area contributed by atoms with Crippen molar-refractivity contribution in [2.24, 2.45) is 0 Å². The zero-order chi connectivity index (χ0) is 10.3. The lowest BCUT2D eigenvalue weighted by atomic mass is 10.1. The monoisotopic (exact) mass is 200 g/mol. The van der Waals surface area contributed by atoms with Gasteiger partial charge in [-0.3, -0.25) is 8.61 Å². The predicted molar refractivity (Wildman–Crippen MR) is 59.9 cm³/mol. The maximum absolute atomic E-state index is 2.28. The molecule has 0 amide bonds. The molecule has 3 heteroatoms. The highest BCUT2D eigenvalue weighted by Gasteiger charge is 2.30. The van der Waals surface area contributed by atoms with Crippen molar-refractivity contribution in [3.05, 3.63) is 12.4 Å². The Morgan fingerprint density at radius 2 is 1.08 bits per heavy atom. The molecule has 1 rings (SSSR count). The summed E-state index contributed by atoms with van der Waals surface area (Å²) in [4.78, 5) is 0. The average Bonchev–Trinajstić information content (AvgIpc) is 2.28. The van der Waals surface area contributed by atoms with Crippen LogP contribution in [-0.2, 0) is 0 Å². The fourth-order valence-electron chi connectivity index (χ4n) is 0.962. The Kier molecular flexibility index (Phi) is 2.59. The lowest BCUT2D eigenvalue weighted by molar-refractivity contribution is 0.331. The van der Waals surface area contributed by atoms with Crippen molar-refractivity contribution in [2.75, 3.05) is 0 Å². The van der Waals surface area contributed by atoms with E-state index in [9.17, 15) is 0 Å². The van der Waals surface area contributed by atoms with Gasteiger partial charge in [0.1, 0.15) is 0 Å². The van der Waals surface area contributed by atoms with E-state index < -0.39 is 0 Å². The summed E-state index contributed by atoms with van der Waals surface area (Å²) in [5.41, 5.74) is 0.391. The van der Waals surface area contributed by atoms with Crippen LogP contribution in [0.5, 0.6) is 0 Å². The Hall–Kier alpha value is -0.310. The molecule has 0 unspecified atom stereocenters. The molecular formula is C10H20N2S. The topological polar surface area (TPSA) is 6.48 Å². The van der Waals surface area contributed by atoms with Gasteiger partial charge in [0.2, 0.25) is 0 Å². The van der Waals surface area contributed by atoms with Crippen LogP contribution < -0.4 is 0 Å². The molecule has 0 aromatic rings. The molecule has 2 nitrogen and oxygen atoms in total. The number of nitrogens with zero attached hydrogens (tertiary/aromatic N) is 2. The van der Waals surface area contributed by atoms with Gasteiger partial charge in [-0.2, -0.15) is 0 Å². The quantitative estimate of drug-likeness (QED) is 0.554. The number of rotatable bonds is 0. The summed E-state index contributed by atoms with van der Waals surface area (Å²) in [6.45, 7) is 13.3. The van der Waals surface area contributed by atoms with Crippen LogP contribution in [0.1, 0.15) is 41.5 Å². The van der Waals surface area contributed by atoms with E-state index in [2.05, 4.69) is 62.6 Å². The van der Waals surface area contributed by atoms with E-state index in [1.165, 1.54) is 0 Å². The van der Waals surface area contributed by atoms with Crippen molar-refractivity contribution in [1.82, 2.24) is 8.61 Å². The molecule has 0 spiro atoms. The lowest BCUT2D eigenvalue weighted by Gasteiger charge is -2.35. The summed E-state index contributed by atoms with van der Waals surface area (Å²) in [6.07, 6.45) is 4.30. The Balaban J connectivity index is 2.63. The van der Waals surface area contributed by atoms with Crippen LogP contribution in [-0.4, -0.2) is 19.7 Å². The van der Waals surface area contributed by atoms with E-state index in [1.807, 2.05) is 0 Å². The van der Waals surface area contributed by atoms with Gasteiger partial charge in [0.05, 0.1) is 12.1 Å². The maximum atomic E-state index is 2.28. The minimum absolute atomic E-state index is 0.196. The van der Waals surface area contributed by atoms with Crippen LogP contribution >= 0.6 is 12.1 Å². The molecule has 13 heavy (non-hydrogen) atoms. The molecule has 76 valence electrons. The van der Waals surface area contributed by atoms with Gasteiger partial charge in [-0.1, -0.05) is 0 Å². The first-order chi connectivity index (χ1) is 5.71. The van der Waals surface area contributed by atoms with E-state index in [0.717, 1.165) is 0 Å². The van der Waals surface area contributed by atoms with Gasteiger partial charge >= 0.3 is 0 Å². The lowest BCUT2D eigenvalue weighted by Crippen LogP contribution is -2.35. The molecule has 0 aliphatic carbocycles. The van der Waals surface area contributed by atoms with Crippen LogP contribution in [0.25, 0.3) is 0 Å². The molecule has 0 bridgehead atoms. The minimum Gasteiger partial charge on any atom is -0.299 e. The smallest absolute Gasteiger partial charge is 0.0714 e. The van der Waals surface area contributed by atoms with Gasteiger partial charge in [-0.05, 0) is 41.5 Å². The molecule has 0 saturated heterocycles. The van der Waals surface area contributed by atoms with Crippen LogP contribution in [0, 0.1) is 0 Å². The zero-order valence-corrected chi connectivity index (χ0v) is 10.3. The standard InChI is InChI=1S/C10H20N2S/c1-9(2,3)11-7-8-12(13-11)10(4,5)6/h7-8H,1-6H3. The first kappa shape index (κ1) is 10.8. The molecule has 1 aliphatic rings. The van der Waals surface area contributed by atoms with Crippen molar-refractivity contribution in [2.45, 2.75) is 52.6 Å². The third kappa shape index (κ3) is 2.56. The van der Waals surface area contributed by atoms with Crippen molar-refractivity contribution < 1.29 is 0 Å². The van der Waals surface area contributed by atoms with Crippen molar-refractivity contribution in [3.8, 4) is 0 Å². The van der Waals surface area contributed by atoms with Crippen LogP contribution in [0.15, 0.2) is 12.4 Å². The van der Waals surface area contributed by atoms with Gasteiger partial charge in [0, 0.05) is 23.5 Å². The molecule has 0 radical (unpaired) electrons. The van der Waals surface area contributed by atoms with Crippen molar-refractivity contribution >= 4 is 12.1 Å². The highest BCUT2D eigenvalue weighted by Crippen LogP contribution is 2.36. The fraction of sp³-hybridized carbons (Fsp3) is 0.800. The third-order valence-electron chi connectivity index (χ3n) is 1.84. The Bertz CT molecular complexity index is 188. The summed E-state index contributed by atoms with van der Waals surface area (Å²) in [5, 5.41) is 0. The minimum atomic E-state index is 0.196. The molecule has 0 atom stereocenters. The normalized spacial score (nSPS) is 18.6. The van der Waals surface area contributed by atoms with Gasteiger partial charge in [-0.15, -0.1) is 0 Å². The highest BCUT2D eigenvalue weighted by molar-refractivity contribution is 7.95. The Morgan fingerprint density at radius 1 is 0.769 bits per heavy atom. The summed E-state index contributed by atoms with van der Waals surface area (Å²) in [6, 6.07) is 0. The summed E-state index contributed by atoms with van der Waals surface area (Å²) in [7, 11) is 0. The summed E-state index contributed by atoms with van der Waals surface area (Å²) in [5.74, 6) is 0. The van der Waals surface area contributed by atoms with E-state index in [-0.39, 0.29) is 11.1 Å². The van der Waals surface area contributed by atoms with Crippen molar-refractivity contribution in [1.29, 1.82) is 0 Å². The molecule has 0 aromatic carbocycles. The van der Waals surface area contributed by atoms with Gasteiger partial charge in [0.15, 0.2) is 0 Å². The molecule has 0 aromatic heterocycles. The summed E-state index contributed by atoms with van der Waals surface area (Å²) >= 11 is 1.78. The average molecular weight is 200 g/mol. The molecule has 1 aliphatic heterocycles. The SMILES string of the molecule is CC(C)(C)N1C=CN(C(C)(C)C)S1. The summed E-state index contributed by atoms with van der Waals surface area (Å²) < 4.78 is 4.55. The van der Waals surface area contributed by atoms with Crippen LogP contribution in [0.4, 0.5) is 0 Å². The van der Waals surface area contributed by atoms with E-state index in [1.54, 1.807) is 12.1 Å². The molecule has 0 fully saturated rings. The molecular weight excluding hydrogens is 180 g/mol. The second-order valence-electron chi connectivity index (χ2n) is 5.37. The Morgan fingerprint density at radius 3 is 1.23 bits per heavy atom. The molecule has 0 N–H and O–H groups in total. The van der Waals surface area contributed by atoms with E-state index in [4.69, 9.17) is 0 Å². The fourth-order valence-corrected chi connectivity index (χ4v) is 1.86. The number of hydrogen-bond acceptors (Lipinski definition) is 3. The van der Waals surface area contributed by atoms with Gasteiger partial charge in [0.25, 0.3) is 0 Å². The molecule has 1 heterocycles. The first-order valence-corrected chi connectivity index (χ1v) is 5.39. The molecule has 0 saturated carbocycles. The number of hydrogen-bond donors (Lipinski definition) is 0. The first-order valence-electron chi connectivity index (χ1n) is 4.66. The largest absolute Gasteiger partial charge is 0.299 e. The van der Waals surface area contributed by atoms with Gasteiger partial charge in [-0.25, -0.2) is 0 Å². The van der Waals surface area contributed by atoms with Gasteiger partial charge < -0.3 is 0 Å². The predicted octanol–water partition coefficient (Wildman–Crippen LogP) is 3.24. The second kappa shape index (κ2) is 3.12. The Labute approximate surface area is 86.2 Å². The van der Waals surface area contributed by atoms with Crippen LogP contribution in [0.3, 0.4) is 0 Å². The second-order valence-corrected chi connectivity index (χ2v) is 6.32.